The molecule has 0 amide bonds. The Balaban J connectivity index is 2.30. The highest BCUT2D eigenvalue weighted by atomic mass is 19.1. The van der Waals surface area contributed by atoms with Crippen LogP contribution in [-0.4, -0.2) is 21.6 Å². The Kier molecular flexibility index (Phi) is 2.56. The molecule has 2 heterocycles. The molecule has 1 aromatic carbocycles. The summed E-state index contributed by atoms with van der Waals surface area (Å²) in [5.74, 6) is -0.401. The van der Waals surface area contributed by atoms with E-state index in [-0.39, 0.29) is 11.4 Å². The molecule has 0 unspecified atom stereocenters. The van der Waals surface area contributed by atoms with Gasteiger partial charge >= 0.3 is 5.69 Å². The van der Waals surface area contributed by atoms with Crippen LogP contribution in [0.25, 0.3) is 16.9 Å². The van der Waals surface area contributed by atoms with Gasteiger partial charge in [0.2, 0.25) is 0 Å². The molecule has 3 aromatic rings. The molecule has 0 aliphatic heterocycles. The van der Waals surface area contributed by atoms with Crippen molar-refractivity contribution < 1.29 is 9.13 Å². The molecule has 96 valence electrons. The van der Waals surface area contributed by atoms with Gasteiger partial charge in [-0.2, -0.15) is 0 Å². The Hall–Kier alpha value is -2.63. The average Bonchev–Trinajstić information content (AvgIpc) is 2.75. The summed E-state index contributed by atoms with van der Waals surface area (Å²) in [5.41, 5.74) is 1.27. The first-order chi connectivity index (χ1) is 9.20. The Labute approximate surface area is 107 Å². The smallest absolute Gasteiger partial charge is 0.332 e. The summed E-state index contributed by atoms with van der Waals surface area (Å²) in [4.78, 5) is 18.8. The van der Waals surface area contributed by atoms with Crippen molar-refractivity contribution in [3.05, 3.63) is 52.8 Å². The fourth-order valence-electron chi connectivity index (χ4n) is 1.97. The van der Waals surface area contributed by atoms with Gasteiger partial charge in [0.1, 0.15) is 0 Å². The van der Waals surface area contributed by atoms with Crippen LogP contribution in [-0.2, 0) is 0 Å². The first-order valence-corrected chi connectivity index (χ1v) is 5.60. The standard InChI is InChI=1S/C13H10FN3O2/c1-19-11-7-8(4-5-9(11)14)17-12-10(16-13(17)18)3-2-6-15-12/h2-7H,1H3,(H,16,18). The van der Waals surface area contributed by atoms with E-state index >= 15 is 0 Å². The lowest BCUT2D eigenvalue weighted by molar-refractivity contribution is 0.386. The molecule has 0 radical (unpaired) electrons. The van der Waals surface area contributed by atoms with Crippen molar-refractivity contribution in [2.24, 2.45) is 0 Å². The molecule has 2 aromatic heterocycles. The summed E-state index contributed by atoms with van der Waals surface area (Å²) in [6.07, 6.45) is 1.59. The number of fused-ring (bicyclic) bond motifs is 1. The van der Waals surface area contributed by atoms with Gasteiger partial charge in [-0.1, -0.05) is 0 Å². The van der Waals surface area contributed by atoms with Crippen molar-refractivity contribution in [1.82, 2.24) is 14.5 Å². The normalized spacial score (nSPS) is 10.8. The summed E-state index contributed by atoms with van der Waals surface area (Å²) >= 11 is 0. The molecule has 0 aliphatic rings. The Morgan fingerprint density at radius 2 is 2.21 bits per heavy atom. The lowest BCUT2D eigenvalue weighted by Gasteiger charge is -2.06. The van der Waals surface area contributed by atoms with Gasteiger partial charge in [0.25, 0.3) is 0 Å². The van der Waals surface area contributed by atoms with Crippen LogP contribution in [0.3, 0.4) is 0 Å². The number of imidazole rings is 1. The largest absolute Gasteiger partial charge is 0.494 e. The molecule has 0 atom stereocenters. The second-order valence-corrected chi connectivity index (χ2v) is 3.96. The summed E-state index contributed by atoms with van der Waals surface area (Å²) in [7, 11) is 1.37. The zero-order chi connectivity index (χ0) is 13.4. The maximum atomic E-state index is 13.4. The van der Waals surface area contributed by atoms with E-state index in [0.717, 1.165) is 0 Å². The molecule has 6 heteroatoms. The van der Waals surface area contributed by atoms with Gasteiger partial charge < -0.3 is 9.72 Å². The first kappa shape index (κ1) is 11.5. The molecule has 0 aliphatic carbocycles. The number of benzene rings is 1. The third-order valence-corrected chi connectivity index (χ3v) is 2.84. The predicted molar refractivity (Wildman–Crippen MR) is 68.2 cm³/mol. The van der Waals surface area contributed by atoms with Crippen molar-refractivity contribution in [3.8, 4) is 11.4 Å². The van der Waals surface area contributed by atoms with Gasteiger partial charge in [-0.05, 0) is 24.3 Å². The number of aromatic amines is 1. The zero-order valence-electron chi connectivity index (χ0n) is 10.1. The summed E-state index contributed by atoms with van der Waals surface area (Å²) in [6.45, 7) is 0. The molecule has 5 nitrogen and oxygen atoms in total. The number of halogens is 1. The summed E-state index contributed by atoms with van der Waals surface area (Å²) in [5, 5.41) is 0. The molecule has 0 spiro atoms. The second kappa shape index (κ2) is 4.24. The number of hydrogen-bond donors (Lipinski definition) is 1. The number of methoxy groups -OCH3 is 1. The van der Waals surface area contributed by atoms with E-state index in [1.807, 2.05) is 0 Å². The maximum Gasteiger partial charge on any atom is 0.332 e. The van der Waals surface area contributed by atoms with Crippen LogP contribution in [0.15, 0.2) is 41.3 Å². The van der Waals surface area contributed by atoms with E-state index in [9.17, 15) is 9.18 Å². The van der Waals surface area contributed by atoms with Gasteiger partial charge in [0.05, 0.1) is 18.3 Å². The monoisotopic (exact) mass is 259 g/mol. The highest BCUT2D eigenvalue weighted by Crippen LogP contribution is 2.21. The number of ether oxygens (including phenoxy) is 1. The third kappa shape index (κ3) is 1.77. The zero-order valence-corrected chi connectivity index (χ0v) is 10.1. The lowest BCUT2D eigenvalue weighted by Crippen LogP contribution is -2.15. The van der Waals surface area contributed by atoms with Crippen molar-refractivity contribution in [1.29, 1.82) is 0 Å². The van der Waals surface area contributed by atoms with Crippen LogP contribution in [0.4, 0.5) is 4.39 Å². The van der Waals surface area contributed by atoms with Crippen LogP contribution >= 0.6 is 0 Å². The van der Waals surface area contributed by atoms with Crippen molar-refractivity contribution >= 4 is 11.2 Å². The fourth-order valence-corrected chi connectivity index (χ4v) is 1.97. The quantitative estimate of drug-likeness (QED) is 0.764. The minimum absolute atomic E-state index is 0.0784. The van der Waals surface area contributed by atoms with E-state index in [1.165, 1.54) is 29.9 Å². The molecule has 3 rings (SSSR count). The Bertz CT molecular complexity index is 807. The number of nitrogens with zero attached hydrogens (tertiary/aromatic N) is 2. The van der Waals surface area contributed by atoms with Crippen LogP contribution in [0.1, 0.15) is 0 Å². The van der Waals surface area contributed by atoms with Gasteiger partial charge in [-0.15, -0.1) is 0 Å². The van der Waals surface area contributed by atoms with Gasteiger partial charge in [0, 0.05) is 12.3 Å². The highest BCUT2D eigenvalue weighted by molar-refractivity contribution is 5.72. The first-order valence-electron chi connectivity index (χ1n) is 5.60. The number of hydrogen-bond acceptors (Lipinski definition) is 3. The van der Waals surface area contributed by atoms with Gasteiger partial charge in [-0.3, -0.25) is 0 Å². The van der Waals surface area contributed by atoms with Gasteiger partial charge in [-0.25, -0.2) is 18.7 Å². The molecule has 19 heavy (non-hydrogen) atoms. The lowest BCUT2D eigenvalue weighted by atomic mass is 10.3. The topological polar surface area (TPSA) is 59.9 Å². The van der Waals surface area contributed by atoms with E-state index in [2.05, 4.69) is 9.97 Å². The maximum absolute atomic E-state index is 13.4. The second-order valence-electron chi connectivity index (χ2n) is 3.96. The van der Waals surface area contributed by atoms with E-state index in [1.54, 1.807) is 18.3 Å². The average molecular weight is 259 g/mol. The number of nitrogens with one attached hydrogen (secondary N) is 1. The summed E-state index contributed by atoms with van der Waals surface area (Å²) in [6, 6.07) is 7.69. The van der Waals surface area contributed by atoms with E-state index in [4.69, 9.17) is 4.74 Å². The minimum Gasteiger partial charge on any atom is -0.494 e. The Morgan fingerprint density at radius 1 is 1.37 bits per heavy atom. The Morgan fingerprint density at radius 3 is 3.00 bits per heavy atom. The van der Waals surface area contributed by atoms with E-state index < -0.39 is 5.82 Å². The molecular weight excluding hydrogens is 249 g/mol. The highest BCUT2D eigenvalue weighted by Gasteiger charge is 2.11. The molecule has 0 saturated carbocycles. The molecule has 0 saturated heterocycles. The summed E-state index contributed by atoms with van der Waals surface area (Å²) < 4.78 is 19.7. The molecular formula is C13H10FN3O2. The number of rotatable bonds is 2. The van der Waals surface area contributed by atoms with Crippen LogP contribution < -0.4 is 10.4 Å². The van der Waals surface area contributed by atoms with Crippen LogP contribution in [0.5, 0.6) is 5.75 Å². The van der Waals surface area contributed by atoms with Crippen LogP contribution in [0, 0.1) is 5.82 Å². The van der Waals surface area contributed by atoms with Crippen molar-refractivity contribution in [2.75, 3.05) is 7.11 Å². The SMILES string of the molecule is COc1cc(-n2c(=O)[nH]c3cccnc32)ccc1F. The minimum atomic E-state index is -0.480. The fraction of sp³-hybridized carbons (Fsp3) is 0.0769. The van der Waals surface area contributed by atoms with Crippen LogP contribution in [0.2, 0.25) is 0 Å². The van der Waals surface area contributed by atoms with Gasteiger partial charge in [0.15, 0.2) is 17.2 Å². The molecule has 0 fully saturated rings. The van der Waals surface area contributed by atoms with Crippen molar-refractivity contribution in [2.45, 2.75) is 0 Å². The number of aromatic nitrogens is 3. The van der Waals surface area contributed by atoms with Crippen molar-refractivity contribution in [3.63, 3.8) is 0 Å². The van der Waals surface area contributed by atoms with E-state index in [0.29, 0.717) is 16.9 Å². The molecule has 0 bridgehead atoms. The molecule has 1 N–H and O–H groups in total. The predicted octanol–water partition coefficient (Wildman–Crippen LogP) is 1.86. The number of H-pyrrole nitrogens is 1. The third-order valence-electron chi connectivity index (χ3n) is 2.84. The number of pyridine rings is 1.